The molecule has 0 heterocycles. The van der Waals surface area contributed by atoms with Crippen LogP contribution in [-0.2, 0) is 4.79 Å². The van der Waals surface area contributed by atoms with E-state index in [9.17, 15) is 4.79 Å². The van der Waals surface area contributed by atoms with Gasteiger partial charge in [-0.2, -0.15) is 0 Å². The standard InChI is InChI=1S/C13H16N2O/c1-13(2,14)10-15-12(16)9-8-11-6-4-3-5-7-11/h3-7H,10,14H2,1-2H3,(H,15,16). The number of hydrogen-bond donors (Lipinski definition) is 2. The first kappa shape index (κ1) is 12.3. The Labute approximate surface area is 96.0 Å². The van der Waals surface area contributed by atoms with Crippen LogP contribution in [0.2, 0.25) is 0 Å². The number of nitrogens with one attached hydrogen (secondary N) is 1. The van der Waals surface area contributed by atoms with Gasteiger partial charge in [-0.3, -0.25) is 4.79 Å². The molecule has 0 aliphatic heterocycles. The van der Waals surface area contributed by atoms with Crippen molar-refractivity contribution in [2.75, 3.05) is 6.54 Å². The Hall–Kier alpha value is -1.79. The maximum Gasteiger partial charge on any atom is 0.296 e. The number of nitrogens with two attached hydrogens (primary N) is 1. The van der Waals surface area contributed by atoms with Gasteiger partial charge < -0.3 is 11.1 Å². The second-order valence-corrected chi connectivity index (χ2v) is 4.29. The van der Waals surface area contributed by atoms with Crippen molar-refractivity contribution < 1.29 is 4.79 Å². The summed E-state index contributed by atoms with van der Waals surface area (Å²) in [6.07, 6.45) is 0. The van der Waals surface area contributed by atoms with E-state index < -0.39 is 5.54 Å². The minimum atomic E-state index is -0.413. The number of hydrogen-bond acceptors (Lipinski definition) is 2. The highest BCUT2D eigenvalue weighted by Crippen LogP contribution is 1.95. The minimum absolute atomic E-state index is 0.303. The average Bonchev–Trinajstić information content (AvgIpc) is 2.24. The number of benzene rings is 1. The number of carbonyl (C=O) groups is 1. The maximum atomic E-state index is 11.3. The third-order valence-electron chi connectivity index (χ3n) is 1.80. The molecular formula is C13H16N2O. The molecule has 0 unspecified atom stereocenters. The van der Waals surface area contributed by atoms with Crippen LogP contribution in [0.1, 0.15) is 19.4 Å². The Balaban J connectivity index is 2.50. The third kappa shape index (κ3) is 5.18. The molecule has 0 bridgehead atoms. The Morgan fingerprint density at radius 3 is 2.56 bits per heavy atom. The minimum Gasteiger partial charge on any atom is -0.343 e. The van der Waals surface area contributed by atoms with Crippen LogP contribution in [0.4, 0.5) is 0 Å². The van der Waals surface area contributed by atoms with Gasteiger partial charge in [0.15, 0.2) is 0 Å². The van der Waals surface area contributed by atoms with Gasteiger partial charge in [0.2, 0.25) is 0 Å². The van der Waals surface area contributed by atoms with Crippen molar-refractivity contribution in [3.8, 4) is 11.8 Å². The van der Waals surface area contributed by atoms with Crippen molar-refractivity contribution in [2.24, 2.45) is 5.73 Å². The lowest BCUT2D eigenvalue weighted by molar-refractivity contribution is -0.115. The molecule has 0 aromatic heterocycles. The fraction of sp³-hybridized carbons (Fsp3) is 0.308. The van der Waals surface area contributed by atoms with Crippen LogP contribution in [0.25, 0.3) is 0 Å². The molecule has 1 aromatic carbocycles. The van der Waals surface area contributed by atoms with Gasteiger partial charge in [-0.25, -0.2) is 0 Å². The number of rotatable bonds is 2. The number of amides is 1. The van der Waals surface area contributed by atoms with Crippen LogP contribution in [0.3, 0.4) is 0 Å². The van der Waals surface area contributed by atoms with E-state index in [1.807, 2.05) is 44.2 Å². The van der Waals surface area contributed by atoms with E-state index in [1.165, 1.54) is 0 Å². The Kier molecular flexibility index (Phi) is 4.10. The zero-order valence-electron chi connectivity index (χ0n) is 9.58. The molecule has 0 aliphatic rings. The van der Waals surface area contributed by atoms with Crippen LogP contribution < -0.4 is 11.1 Å². The molecule has 1 aromatic rings. The van der Waals surface area contributed by atoms with Crippen LogP contribution >= 0.6 is 0 Å². The normalized spacial score (nSPS) is 10.2. The summed E-state index contributed by atoms with van der Waals surface area (Å²) in [5, 5.41) is 2.66. The molecule has 0 aliphatic carbocycles. The predicted molar refractivity (Wildman–Crippen MR) is 64.6 cm³/mol. The fourth-order valence-corrected chi connectivity index (χ4v) is 1.00. The average molecular weight is 216 g/mol. The quantitative estimate of drug-likeness (QED) is 0.721. The van der Waals surface area contributed by atoms with Gasteiger partial charge in [0.05, 0.1) is 0 Å². The molecule has 0 atom stereocenters. The van der Waals surface area contributed by atoms with Gasteiger partial charge in [-0.1, -0.05) is 24.1 Å². The summed E-state index contributed by atoms with van der Waals surface area (Å²) in [5.74, 6) is 4.99. The van der Waals surface area contributed by atoms with Crippen LogP contribution in [0.5, 0.6) is 0 Å². The van der Waals surface area contributed by atoms with Gasteiger partial charge in [0, 0.05) is 23.6 Å². The van der Waals surface area contributed by atoms with Crippen LogP contribution in [0, 0.1) is 11.8 Å². The van der Waals surface area contributed by atoms with Crippen molar-refractivity contribution in [3.63, 3.8) is 0 Å². The fourth-order valence-electron chi connectivity index (χ4n) is 1.00. The summed E-state index contributed by atoms with van der Waals surface area (Å²) < 4.78 is 0. The lowest BCUT2D eigenvalue weighted by atomic mass is 10.1. The lowest BCUT2D eigenvalue weighted by Gasteiger charge is -2.17. The molecule has 0 radical (unpaired) electrons. The molecule has 1 rings (SSSR count). The molecule has 84 valence electrons. The van der Waals surface area contributed by atoms with Gasteiger partial charge in [-0.05, 0) is 26.0 Å². The molecule has 1 amide bonds. The molecule has 16 heavy (non-hydrogen) atoms. The van der Waals surface area contributed by atoms with E-state index in [-0.39, 0.29) is 5.91 Å². The van der Waals surface area contributed by atoms with Crippen molar-refractivity contribution >= 4 is 5.91 Å². The first-order valence-electron chi connectivity index (χ1n) is 5.11. The van der Waals surface area contributed by atoms with Crippen LogP contribution in [-0.4, -0.2) is 18.0 Å². The first-order chi connectivity index (χ1) is 7.47. The second-order valence-electron chi connectivity index (χ2n) is 4.29. The van der Waals surface area contributed by atoms with Crippen molar-refractivity contribution in [3.05, 3.63) is 35.9 Å². The zero-order valence-corrected chi connectivity index (χ0v) is 9.58. The second kappa shape index (κ2) is 5.34. The first-order valence-corrected chi connectivity index (χ1v) is 5.11. The molecule has 3 nitrogen and oxygen atoms in total. The maximum absolute atomic E-state index is 11.3. The Morgan fingerprint density at radius 2 is 2.00 bits per heavy atom. The van der Waals surface area contributed by atoms with Crippen molar-refractivity contribution in [2.45, 2.75) is 19.4 Å². The van der Waals surface area contributed by atoms with Crippen LogP contribution in [0.15, 0.2) is 30.3 Å². The van der Waals surface area contributed by atoms with E-state index in [2.05, 4.69) is 17.2 Å². The molecule has 3 heteroatoms. The SMILES string of the molecule is CC(C)(N)CNC(=O)C#Cc1ccccc1. The van der Waals surface area contributed by atoms with E-state index in [0.717, 1.165) is 5.56 Å². The summed E-state index contributed by atoms with van der Waals surface area (Å²) in [6.45, 7) is 4.10. The highest BCUT2D eigenvalue weighted by molar-refractivity contribution is 5.94. The Bertz CT molecular complexity index is 407. The Morgan fingerprint density at radius 1 is 1.38 bits per heavy atom. The van der Waals surface area contributed by atoms with Gasteiger partial charge in [-0.15, -0.1) is 0 Å². The monoisotopic (exact) mass is 216 g/mol. The number of carbonyl (C=O) groups excluding carboxylic acids is 1. The van der Waals surface area contributed by atoms with E-state index in [4.69, 9.17) is 5.73 Å². The summed E-state index contributed by atoms with van der Waals surface area (Å²) >= 11 is 0. The molecule has 3 N–H and O–H groups in total. The van der Waals surface area contributed by atoms with E-state index in [1.54, 1.807) is 0 Å². The summed E-state index contributed by atoms with van der Waals surface area (Å²) in [7, 11) is 0. The van der Waals surface area contributed by atoms with E-state index in [0.29, 0.717) is 6.54 Å². The third-order valence-corrected chi connectivity index (χ3v) is 1.80. The van der Waals surface area contributed by atoms with Crippen molar-refractivity contribution in [1.29, 1.82) is 0 Å². The largest absolute Gasteiger partial charge is 0.343 e. The summed E-state index contributed by atoms with van der Waals surface area (Å²) in [6, 6.07) is 9.37. The molecule has 0 fully saturated rings. The highest BCUT2D eigenvalue weighted by Gasteiger charge is 2.10. The summed E-state index contributed by atoms with van der Waals surface area (Å²) in [4.78, 5) is 11.3. The predicted octanol–water partition coefficient (Wildman–Crippen LogP) is 0.892. The molecule has 0 saturated heterocycles. The molecule has 0 saturated carbocycles. The molecule has 0 spiro atoms. The smallest absolute Gasteiger partial charge is 0.296 e. The van der Waals surface area contributed by atoms with Gasteiger partial charge >= 0.3 is 0 Å². The lowest BCUT2D eigenvalue weighted by Crippen LogP contribution is -2.44. The van der Waals surface area contributed by atoms with E-state index >= 15 is 0 Å². The highest BCUT2D eigenvalue weighted by atomic mass is 16.1. The summed E-state index contributed by atoms with van der Waals surface area (Å²) in [5.41, 5.74) is 6.14. The molecular weight excluding hydrogens is 200 g/mol. The topological polar surface area (TPSA) is 55.1 Å². The zero-order chi connectivity index (χ0) is 12.0. The van der Waals surface area contributed by atoms with Gasteiger partial charge in [0.1, 0.15) is 0 Å². The van der Waals surface area contributed by atoms with Crippen molar-refractivity contribution in [1.82, 2.24) is 5.32 Å². The van der Waals surface area contributed by atoms with Gasteiger partial charge in [0.25, 0.3) is 5.91 Å².